The number of benzene rings is 1. The molecule has 0 saturated carbocycles. The van der Waals surface area contributed by atoms with Gasteiger partial charge >= 0.3 is 0 Å². The fourth-order valence-corrected chi connectivity index (χ4v) is 3.65. The Balaban J connectivity index is 1.77. The van der Waals surface area contributed by atoms with Crippen molar-refractivity contribution in [3.63, 3.8) is 0 Å². The average molecular weight is 300 g/mol. The molecule has 2 fully saturated rings. The van der Waals surface area contributed by atoms with E-state index in [0.717, 1.165) is 4.90 Å². The Bertz CT molecular complexity index is 758. The molecule has 3 aliphatic rings. The van der Waals surface area contributed by atoms with Crippen LogP contribution in [0.2, 0.25) is 0 Å². The summed E-state index contributed by atoms with van der Waals surface area (Å²) in [6.07, 6.45) is 3.24. The zero-order valence-corrected chi connectivity index (χ0v) is 11.6. The molecule has 2 saturated heterocycles. The van der Waals surface area contributed by atoms with Crippen molar-refractivity contribution in [3.8, 4) is 0 Å². The van der Waals surface area contributed by atoms with Gasteiger partial charge in [-0.2, -0.15) is 0 Å². The normalized spacial score (nSPS) is 35.3. The quantitative estimate of drug-likeness (QED) is 0.357. The summed E-state index contributed by atoms with van der Waals surface area (Å²) in [5.41, 5.74) is -0.683. The maximum atomic E-state index is 12.7. The molecule has 7 nitrogen and oxygen atoms in total. The number of non-ortho nitro benzene ring substituents is 1. The summed E-state index contributed by atoms with van der Waals surface area (Å²) in [4.78, 5) is 36.7. The smallest absolute Gasteiger partial charge is 0.271 e. The minimum Gasteiger partial charge on any atom is -0.362 e. The number of nitro benzene ring substituents is 1. The zero-order valence-electron chi connectivity index (χ0n) is 11.6. The molecule has 2 bridgehead atoms. The zero-order chi connectivity index (χ0) is 15.6. The molecule has 1 aromatic carbocycles. The van der Waals surface area contributed by atoms with E-state index < -0.39 is 28.5 Å². The van der Waals surface area contributed by atoms with Crippen LogP contribution in [-0.2, 0) is 14.3 Å². The SMILES string of the molecule is CC12C=CC(O1)C1C(=O)N(c3cccc([N+](=O)[O-])c3)C(=O)C12. The van der Waals surface area contributed by atoms with Crippen molar-refractivity contribution in [1.82, 2.24) is 0 Å². The van der Waals surface area contributed by atoms with Crippen molar-refractivity contribution >= 4 is 23.2 Å². The molecule has 4 atom stereocenters. The summed E-state index contributed by atoms with van der Waals surface area (Å²) in [6, 6.07) is 5.57. The van der Waals surface area contributed by atoms with Crippen molar-refractivity contribution in [2.24, 2.45) is 11.8 Å². The first-order valence-electron chi connectivity index (χ1n) is 6.92. The van der Waals surface area contributed by atoms with E-state index in [2.05, 4.69) is 0 Å². The van der Waals surface area contributed by atoms with Crippen LogP contribution in [0.15, 0.2) is 36.4 Å². The van der Waals surface area contributed by atoms with Gasteiger partial charge in [0.05, 0.1) is 34.2 Å². The Morgan fingerprint density at radius 1 is 1.32 bits per heavy atom. The van der Waals surface area contributed by atoms with Crippen molar-refractivity contribution in [3.05, 3.63) is 46.5 Å². The molecular formula is C15H12N2O5. The minimum atomic E-state index is -0.766. The van der Waals surface area contributed by atoms with Crippen LogP contribution >= 0.6 is 0 Å². The number of hydrogen-bond acceptors (Lipinski definition) is 5. The van der Waals surface area contributed by atoms with E-state index in [4.69, 9.17) is 4.74 Å². The number of imide groups is 1. The molecule has 22 heavy (non-hydrogen) atoms. The van der Waals surface area contributed by atoms with E-state index in [0.29, 0.717) is 0 Å². The summed E-state index contributed by atoms with van der Waals surface area (Å²) >= 11 is 0. The Morgan fingerprint density at radius 3 is 2.77 bits per heavy atom. The van der Waals surface area contributed by atoms with Crippen molar-refractivity contribution in [2.75, 3.05) is 4.90 Å². The summed E-state index contributed by atoms with van der Waals surface area (Å²) in [5, 5.41) is 10.9. The number of ether oxygens (including phenoxy) is 1. The molecule has 0 spiro atoms. The van der Waals surface area contributed by atoms with Crippen molar-refractivity contribution in [2.45, 2.75) is 18.6 Å². The van der Waals surface area contributed by atoms with E-state index in [9.17, 15) is 19.7 Å². The van der Waals surface area contributed by atoms with Gasteiger partial charge in [0.15, 0.2) is 0 Å². The third-order valence-electron chi connectivity index (χ3n) is 4.63. The number of hydrogen-bond donors (Lipinski definition) is 0. The van der Waals surface area contributed by atoms with Gasteiger partial charge < -0.3 is 4.74 Å². The molecule has 2 amide bonds. The Kier molecular flexibility index (Phi) is 2.40. The number of rotatable bonds is 2. The first-order valence-corrected chi connectivity index (χ1v) is 6.92. The Hall–Kier alpha value is -2.54. The van der Waals surface area contributed by atoms with Crippen LogP contribution < -0.4 is 4.90 Å². The lowest BCUT2D eigenvalue weighted by Crippen LogP contribution is -2.38. The minimum absolute atomic E-state index is 0.154. The van der Waals surface area contributed by atoms with Crippen LogP contribution in [0, 0.1) is 22.0 Å². The standard InChI is InChI=1S/C15H12N2O5/c1-15-6-5-10(22-15)11-12(15)14(19)16(13(11)18)8-3-2-4-9(7-8)17(20)21/h2-7,10-12H,1H3. The van der Waals surface area contributed by atoms with E-state index in [1.165, 1.54) is 24.3 Å². The van der Waals surface area contributed by atoms with E-state index in [1.807, 2.05) is 12.2 Å². The molecule has 1 aromatic rings. The Labute approximate surface area is 125 Å². The van der Waals surface area contributed by atoms with Crippen LogP contribution in [-0.4, -0.2) is 28.4 Å². The first-order chi connectivity index (χ1) is 10.4. The highest BCUT2D eigenvalue weighted by molar-refractivity contribution is 6.23. The molecule has 112 valence electrons. The van der Waals surface area contributed by atoms with Gasteiger partial charge in [-0.05, 0) is 13.0 Å². The van der Waals surface area contributed by atoms with Crippen LogP contribution in [0.3, 0.4) is 0 Å². The maximum Gasteiger partial charge on any atom is 0.271 e. The number of carbonyl (C=O) groups is 2. The summed E-state index contributed by atoms with van der Waals surface area (Å²) < 4.78 is 5.73. The van der Waals surface area contributed by atoms with Crippen LogP contribution in [0.4, 0.5) is 11.4 Å². The topological polar surface area (TPSA) is 89.8 Å². The maximum absolute atomic E-state index is 12.7. The second kappa shape index (κ2) is 4.01. The van der Waals surface area contributed by atoms with Gasteiger partial charge in [0, 0.05) is 12.1 Å². The molecular weight excluding hydrogens is 288 g/mol. The number of fused-ring (bicyclic) bond motifs is 5. The summed E-state index contributed by atoms with van der Waals surface area (Å²) in [6.45, 7) is 1.79. The second-order valence-corrected chi connectivity index (χ2v) is 5.92. The fraction of sp³-hybridized carbons (Fsp3) is 0.333. The van der Waals surface area contributed by atoms with E-state index in [1.54, 1.807) is 6.92 Å². The third kappa shape index (κ3) is 1.48. The number of nitrogens with zero attached hydrogens (tertiary/aromatic N) is 2. The van der Waals surface area contributed by atoms with Crippen LogP contribution in [0.25, 0.3) is 0 Å². The second-order valence-electron chi connectivity index (χ2n) is 5.92. The van der Waals surface area contributed by atoms with Gasteiger partial charge in [-0.25, -0.2) is 4.90 Å². The number of anilines is 1. The highest BCUT2D eigenvalue weighted by Crippen LogP contribution is 2.52. The molecule has 3 aliphatic heterocycles. The highest BCUT2D eigenvalue weighted by Gasteiger charge is 2.66. The number of nitro groups is 1. The van der Waals surface area contributed by atoms with Gasteiger partial charge in [0.25, 0.3) is 5.69 Å². The molecule has 0 aliphatic carbocycles. The van der Waals surface area contributed by atoms with Crippen LogP contribution in [0.1, 0.15) is 6.92 Å². The summed E-state index contributed by atoms with van der Waals surface area (Å²) in [7, 11) is 0. The lowest BCUT2D eigenvalue weighted by Gasteiger charge is -2.24. The molecule has 3 heterocycles. The molecule has 0 radical (unpaired) electrons. The Morgan fingerprint density at radius 2 is 2.09 bits per heavy atom. The largest absolute Gasteiger partial charge is 0.362 e. The predicted octanol–water partition coefficient (Wildman–Crippen LogP) is 1.43. The average Bonchev–Trinajstić information content (AvgIpc) is 3.08. The van der Waals surface area contributed by atoms with Crippen molar-refractivity contribution in [1.29, 1.82) is 0 Å². The number of carbonyl (C=O) groups excluding carboxylic acids is 2. The van der Waals surface area contributed by atoms with Gasteiger partial charge in [-0.1, -0.05) is 18.2 Å². The van der Waals surface area contributed by atoms with Crippen molar-refractivity contribution < 1.29 is 19.2 Å². The molecule has 4 unspecified atom stereocenters. The van der Waals surface area contributed by atoms with E-state index in [-0.39, 0.29) is 23.2 Å². The van der Waals surface area contributed by atoms with Crippen LogP contribution in [0.5, 0.6) is 0 Å². The first kappa shape index (κ1) is 13.1. The number of amides is 2. The lowest BCUT2D eigenvalue weighted by molar-refractivity contribution is -0.384. The predicted molar refractivity (Wildman–Crippen MR) is 75.0 cm³/mol. The van der Waals surface area contributed by atoms with Gasteiger partial charge in [0.2, 0.25) is 11.8 Å². The van der Waals surface area contributed by atoms with Gasteiger partial charge in [-0.3, -0.25) is 19.7 Å². The molecule has 0 aromatic heterocycles. The summed E-state index contributed by atoms with van der Waals surface area (Å²) in [5.74, 6) is -1.81. The fourth-order valence-electron chi connectivity index (χ4n) is 3.65. The monoisotopic (exact) mass is 300 g/mol. The van der Waals surface area contributed by atoms with Gasteiger partial charge in [-0.15, -0.1) is 0 Å². The van der Waals surface area contributed by atoms with Gasteiger partial charge in [0.1, 0.15) is 0 Å². The molecule has 7 heteroatoms. The third-order valence-corrected chi connectivity index (χ3v) is 4.63. The molecule has 0 N–H and O–H groups in total. The molecule has 4 rings (SSSR count). The highest BCUT2D eigenvalue weighted by atomic mass is 16.6. The van der Waals surface area contributed by atoms with E-state index >= 15 is 0 Å². The lowest BCUT2D eigenvalue weighted by atomic mass is 9.78.